The van der Waals surface area contributed by atoms with Crippen molar-refractivity contribution < 1.29 is 19.7 Å². The summed E-state index contributed by atoms with van der Waals surface area (Å²) < 4.78 is 6.40. The lowest BCUT2D eigenvalue weighted by molar-refractivity contribution is -0.175. The summed E-state index contributed by atoms with van der Waals surface area (Å²) in [6.45, 7) is 1.72. The van der Waals surface area contributed by atoms with Gasteiger partial charge in [0.25, 0.3) is 0 Å². The van der Waals surface area contributed by atoms with E-state index in [0.717, 1.165) is 36.6 Å². The minimum atomic E-state index is -1.04. The Morgan fingerprint density at radius 1 is 1.06 bits per heavy atom. The largest absolute Gasteiger partial charge is 0.504 e. The molecule has 1 heterocycles. The normalized spacial score (nSPS) is 32.5. The fourth-order valence-corrected chi connectivity index (χ4v) is 7.66. The number of ketones is 1. The van der Waals surface area contributed by atoms with Gasteiger partial charge in [0, 0.05) is 11.0 Å². The second-order valence-electron chi connectivity index (χ2n) is 11.3. The van der Waals surface area contributed by atoms with Crippen LogP contribution in [0.25, 0.3) is 0 Å². The molecule has 2 aromatic carbocycles. The van der Waals surface area contributed by atoms with Crippen LogP contribution in [0, 0.1) is 11.3 Å². The van der Waals surface area contributed by atoms with E-state index in [1.807, 2.05) is 18.2 Å². The average Bonchev–Trinajstić information content (AvgIpc) is 3.44. The summed E-state index contributed by atoms with van der Waals surface area (Å²) >= 11 is 0. The number of aliphatic hydroxyl groups is 1. The zero-order valence-corrected chi connectivity index (χ0v) is 18.9. The van der Waals surface area contributed by atoms with Gasteiger partial charge < -0.3 is 20.3 Å². The highest BCUT2D eigenvalue weighted by Gasteiger charge is 2.73. The Hall–Kier alpha value is -2.37. The summed E-state index contributed by atoms with van der Waals surface area (Å²) in [4.78, 5) is 14.3. The van der Waals surface area contributed by atoms with Gasteiger partial charge in [-0.3, -0.25) is 4.79 Å². The molecule has 2 saturated carbocycles. The predicted octanol–water partition coefficient (Wildman–Crippen LogP) is 3.22. The number of hydrogen-bond acceptors (Lipinski definition) is 5. The number of fused-ring (bicyclic) bond motifs is 1. The Morgan fingerprint density at radius 2 is 1.82 bits per heavy atom. The molecule has 0 aromatic heterocycles. The van der Waals surface area contributed by atoms with Gasteiger partial charge in [-0.2, -0.15) is 0 Å². The van der Waals surface area contributed by atoms with Crippen LogP contribution in [-0.2, 0) is 29.5 Å². The Bertz CT molecular complexity index is 1150. The maximum Gasteiger partial charge on any atom is 0.181 e. The molecule has 0 radical (unpaired) electrons. The van der Waals surface area contributed by atoms with Crippen molar-refractivity contribution in [1.82, 2.24) is 5.32 Å². The van der Waals surface area contributed by atoms with Gasteiger partial charge in [0.05, 0.1) is 11.0 Å². The molecule has 7 rings (SSSR count). The van der Waals surface area contributed by atoms with E-state index in [0.29, 0.717) is 37.9 Å². The van der Waals surface area contributed by atoms with Gasteiger partial charge in [0.1, 0.15) is 0 Å². The number of carbonyl (C=O) groups excluding carboxylic acids is 1. The number of phenols is 1. The van der Waals surface area contributed by atoms with Crippen molar-refractivity contribution in [1.29, 1.82) is 0 Å². The van der Waals surface area contributed by atoms with Crippen molar-refractivity contribution in [3.63, 3.8) is 0 Å². The summed E-state index contributed by atoms with van der Waals surface area (Å²) in [5.74, 6) is 1.38. The monoisotopic (exact) mass is 445 g/mol. The Labute approximate surface area is 194 Å². The van der Waals surface area contributed by atoms with Crippen molar-refractivity contribution in [3.05, 3.63) is 58.7 Å². The van der Waals surface area contributed by atoms with E-state index in [4.69, 9.17) is 4.74 Å². The number of rotatable bonds is 5. The van der Waals surface area contributed by atoms with Gasteiger partial charge in [0.2, 0.25) is 0 Å². The minimum Gasteiger partial charge on any atom is -0.504 e. The first kappa shape index (κ1) is 20.0. The summed E-state index contributed by atoms with van der Waals surface area (Å²) in [5, 5.41) is 26.8. The Morgan fingerprint density at radius 3 is 2.55 bits per heavy atom. The van der Waals surface area contributed by atoms with Crippen molar-refractivity contribution in [2.75, 3.05) is 13.1 Å². The SMILES string of the molecule is O=C1[C@@H]2Oc3c(O)ccc4c3C2(CCNCC2CC2)C(O)(CC4)CC12Cc1ccccc1C2. The van der Waals surface area contributed by atoms with Crippen molar-refractivity contribution in [2.45, 2.75) is 68.5 Å². The number of benzene rings is 2. The van der Waals surface area contributed by atoms with Crippen LogP contribution in [0.2, 0.25) is 0 Å². The van der Waals surface area contributed by atoms with E-state index in [1.54, 1.807) is 6.07 Å². The molecular weight excluding hydrogens is 414 g/mol. The molecule has 1 aliphatic heterocycles. The maximum absolute atomic E-state index is 14.3. The fourth-order valence-electron chi connectivity index (χ4n) is 7.66. The van der Waals surface area contributed by atoms with E-state index in [1.165, 1.54) is 24.0 Å². The zero-order chi connectivity index (χ0) is 22.4. The molecule has 2 unspecified atom stereocenters. The summed E-state index contributed by atoms with van der Waals surface area (Å²) in [7, 11) is 0. The second-order valence-corrected chi connectivity index (χ2v) is 11.3. The van der Waals surface area contributed by atoms with Crippen molar-refractivity contribution in [3.8, 4) is 11.5 Å². The first-order valence-electron chi connectivity index (χ1n) is 12.5. The second kappa shape index (κ2) is 6.61. The number of aryl methyl sites for hydroxylation is 1. The molecule has 3 N–H and O–H groups in total. The Balaban J connectivity index is 1.33. The van der Waals surface area contributed by atoms with Crippen LogP contribution in [-0.4, -0.2) is 40.8 Å². The topological polar surface area (TPSA) is 78.8 Å². The van der Waals surface area contributed by atoms with E-state index < -0.39 is 22.5 Å². The molecule has 0 bridgehead atoms. The van der Waals surface area contributed by atoms with Crippen LogP contribution in [0.5, 0.6) is 11.5 Å². The van der Waals surface area contributed by atoms with Crippen LogP contribution in [0.1, 0.15) is 54.4 Å². The van der Waals surface area contributed by atoms with Crippen LogP contribution in [0.3, 0.4) is 0 Å². The lowest BCUT2D eigenvalue weighted by atomic mass is 9.47. The van der Waals surface area contributed by atoms with E-state index in [9.17, 15) is 15.0 Å². The van der Waals surface area contributed by atoms with E-state index in [-0.39, 0.29) is 11.5 Å². The van der Waals surface area contributed by atoms with Gasteiger partial charge in [-0.05, 0) is 93.1 Å². The number of nitrogens with one attached hydrogen (secondary N) is 1. The standard InChI is InChI=1S/C28H31NO4/c30-21-8-7-18-9-10-27(32)16-26(13-19-3-1-2-4-20(19)14-26)24(31)25-28(27,22(18)23(21)33-25)11-12-29-15-17-5-6-17/h1-4,7-8,17,25,29-30,32H,5-6,9-16H2/t25-,27?,28?/m0/s1. The van der Waals surface area contributed by atoms with Gasteiger partial charge in [-0.15, -0.1) is 0 Å². The molecule has 5 nitrogen and oxygen atoms in total. The first-order chi connectivity index (χ1) is 16.0. The number of phenolic OH excluding ortho intramolecular Hbond substituents is 1. The van der Waals surface area contributed by atoms with Crippen molar-refractivity contribution in [2.24, 2.45) is 11.3 Å². The first-order valence-corrected chi connectivity index (χ1v) is 12.5. The molecule has 33 heavy (non-hydrogen) atoms. The summed E-state index contributed by atoms with van der Waals surface area (Å²) in [6, 6.07) is 11.9. The molecule has 0 amide bonds. The summed E-state index contributed by atoms with van der Waals surface area (Å²) in [6.07, 6.45) is 5.61. The fraction of sp³-hybridized carbons (Fsp3) is 0.536. The summed E-state index contributed by atoms with van der Waals surface area (Å²) in [5.41, 5.74) is 1.95. The highest BCUT2D eigenvalue weighted by molar-refractivity contribution is 5.95. The highest BCUT2D eigenvalue weighted by atomic mass is 16.5. The maximum atomic E-state index is 14.3. The molecule has 3 atom stereocenters. The third-order valence-electron chi connectivity index (χ3n) is 9.38. The molecule has 5 heteroatoms. The number of aromatic hydroxyl groups is 1. The van der Waals surface area contributed by atoms with Crippen LogP contribution >= 0.6 is 0 Å². The lowest BCUT2D eigenvalue weighted by Crippen LogP contribution is -2.70. The predicted molar refractivity (Wildman–Crippen MR) is 124 cm³/mol. The molecular formula is C28H31NO4. The lowest BCUT2D eigenvalue weighted by Gasteiger charge is -2.57. The molecule has 0 saturated heterocycles. The quantitative estimate of drug-likeness (QED) is 0.616. The molecule has 4 aliphatic carbocycles. The van der Waals surface area contributed by atoms with Gasteiger partial charge in [0.15, 0.2) is 23.4 Å². The third kappa shape index (κ3) is 2.58. The third-order valence-corrected chi connectivity index (χ3v) is 9.38. The average molecular weight is 446 g/mol. The van der Waals surface area contributed by atoms with Crippen molar-refractivity contribution >= 4 is 5.78 Å². The Kier molecular flexibility index (Phi) is 4.01. The molecule has 2 aromatic rings. The van der Waals surface area contributed by atoms with E-state index >= 15 is 0 Å². The molecule has 5 aliphatic rings. The highest BCUT2D eigenvalue weighted by Crippen LogP contribution is 2.66. The smallest absolute Gasteiger partial charge is 0.181 e. The number of Topliss-reactive ketones (excluding diaryl/α,β-unsaturated/α-hetero) is 1. The zero-order valence-electron chi connectivity index (χ0n) is 18.9. The number of carbonyl (C=O) groups is 1. The van der Waals surface area contributed by atoms with Crippen LogP contribution in [0.4, 0.5) is 0 Å². The number of hydrogen-bond donors (Lipinski definition) is 3. The molecule has 2 fully saturated rings. The number of ether oxygens (including phenoxy) is 1. The van der Waals surface area contributed by atoms with Crippen LogP contribution < -0.4 is 10.1 Å². The van der Waals surface area contributed by atoms with Gasteiger partial charge in [-0.1, -0.05) is 30.3 Å². The van der Waals surface area contributed by atoms with E-state index in [2.05, 4.69) is 17.4 Å². The molecule has 1 spiro atoms. The van der Waals surface area contributed by atoms with Gasteiger partial charge in [-0.25, -0.2) is 0 Å². The van der Waals surface area contributed by atoms with Crippen LogP contribution in [0.15, 0.2) is 36.4 Å². The molecule has 172 valence electrons. The van der Waals surface area contributed by atoms with Gasteiger partial charge >= 0.3 is 0 Å². The minimum absolute atomic E-state index is 0.0780.